The molecule has 0 aromatic heterocycles. The maximum atomic E-state index is 2.45. The Morgan fingerprint density at radius 1 is 0.180 bits per heavy atom. The number of rotatable bonds is 4. The highest BCUT2D eigenvalue weighted by Crippen LogP contribution is 2.50. The van der Waals surface area contributed by atoms with Gasteiger partial charge in [-0.2, -0.15) is 0 Å². The van der Waals surface area contributed by atoms with Crippen molar-refractivity contribution in [2.24, 2.45) is 0 Å². The number of fused-ring (bicyclic) bond motifs is 5. The summed E-state index contributed by atoms with van der Waals surface area (Å²) in [7, 11) is 0. The molecule has 0 saturated heterocycles. The van der Waals surface area contributed by atoms with Gasteiger partial charge in [0.2, 0.25) is 0 Å². The molecule has 0 aliphatic rings. The van der Waals surface area contributed by atoms with Crippen LogP contribution in [0.25, 0.3) is 98.4 Å². The van der Waals surface area contributed by atoms with Crippen LogP contribution in [-0.2, 0) is 0 Å². The molecule has 0 spiro atoms. The number of hydrogen-bond acceptors (Lipinski definition) is 0. The van der Waals surface area contributed by atoms with E-state index in [4.69, 9.17) is 0 Å². The van der Waals surface area contributed by atoms with Crippen molar-refractivity contribution in [1.82, 2.24) is 0 Å². The molecule has 0 aliphatic heterocycles. The summed E-state index contributed by atoms with van der Waals surface area (Å²) in [6.07, 6.45) is 0. The summed E-state index contributed by atoms with van der Waals surface area (Å²) in [5.74, 6) is 0. The normalized spacial score (nSPS) is 11.6. The third-order valence-corrected chi connectivity index (χ3v) is 10.4. The van der Waals surface area contributed by atoms with Crippen LogP contribution in [0.1, 0.15) is 0 Å². The largest absolute Gasteiger partial charge is 0.0616 e. The summed E-state index contributed by atoms with van der Waals surface area (Å²) in [5, 5.41) is 12.5. The molecule has 0 nitrogen and oxygen atoms in total. The van der Waals surface area contributed by atoms with Gasteiger partial charge in [0.15, 0.2) is 0 Å². The Bertz CT molecular complexity index is 2910. The minimum Gasteiger partial charge on any atom is -0.0616 e. The van der Waals surface area contributed by atoms with Gasteiger partial charge in [0.25, 0.3) is 0 Å². The van der Waals surface area contributed by atoms with E-state index in [0.717, 1.165) is 0 Å². The SMILES string of the molecule is c1ccc(-c2c(-c3cccc4ccccc34)c(-c3cccc4ccccc34)cc3cc4ccccc4cc23)c(-c2cccc3ccccc23)c1. The van der Waals surface area contributed by atoms with Crippen LogP contribution >= 0.6 is 0 Å². The summed E-state index contributed by atoms with van der Waals surface area (Å²) in [5.41, 5.74) is 9.94. The molecule has 0 saturated carbocycles. The van der Waals surface area contributed by atoms with Gasteiger partial charge in [-0.05, 0) is 117 Å². The summed E-state index contributed by atoms with van der Waals surface area (Å²) < 4.78 is 0. The van der Waals surface area contributed by atoms with Crippen molar-refractivity contribution in [2.75, 3.05) is 0 Å². The van der Waals surface area contributed by atoms with Crippen molar-refractivity contribution in [3.8, 4) is 44.5 Å². The maximum Gasteiger partial charge on any atom is -0.00137 e. The lowest BCUT2D eigenvalue weighted by molar-refractivity contribution is 1.60. The van der Waals surface area contributed by atoms with Gasteiger partial charge in [-0.1, -0.05) is 176 Å². The van der Waals surface area contributed by atoms with Crippen LogP contribution in [0.4, 0.5) is 0 Å². The van der Waals surface area contributed by atoms with Crippen molar-refractivity contribution >= 4 is 53.9 Å². The Morgan fingerprint density at radius 3 is 1.18 bits per heavy atom. The molecule has 10 aromatic carbocycles. The first kappa shape index (κ1) is 28.5. The molecule has 0 unspecified atom stereocenters. The van der Waals surface area contributed by atoms with Crippen molar-refractivity contribution in [3.63, 3.8) is 0 Å². The Morgan fingerprint density at radius 2 is 0.580 bits per heavy atom. The molecule has 0 heteroatoms. The molecule has 0 radical (unpaired) electrons. The van der Waals surface area contributed by atoms with Crippen LogP contribution in [0, 0.1) is 0 Å². The summed E-state index contributed by atoms with van der Waals surface area (Å²) in [4.78, 5) is 0. The van der Waals surface area contributed by atoms with Crippen LogP contribution in [0.5, 0.6) is 0 Å². The van der Waals surface area contributed by atoms with Gasteiger partial charge in [-0.15, -0.1) is 0 Å². The number of hydrogen-bond donors (Lipinski definition) is 0. The number of benzene rings is 10. The van der Waals surface area contributed by atoms with Crippen LogP contribution < -0.4 is 0 Å². The monoisotopic (exact) mass is 632 g/mol. The Hall–Kier alpha value is -6.50. The molecule has 0 amide bonds. The molecule has 0 aliphatic carbocycles. The predicted molar refractivity (Wildman–Crippen MR) is 216 cm³/mol. The van der Waals surface area contributed by atoms with E-state index >= 15 is 0 Å². The zero-order valence-corrected chi connectivity index (χ0v) is 27.5. The quantitative estimate of drug-likeness (QED) is 0.169. The molecule has 10 rings (SSSR count). The van der Waals surface area contributed by atoms with E-state index in [-0.39, 0.29) is 0 Å². The van der Waals surface area contributed by atoms with E-state index < -0.39 is 0 Å². The average Bonchev–Trinajstić information content (AvgIpc) is 3.19. The van der Waals surface area contributed by atoms with Crippen molar-refractivity contribution in [2.45, 2.75) is 0 Å². The van der Waals surface area contributed by atoms with Crippen molar-refractivity contribution < 1.29 is 0 Å². The third kappa shape index (κ3) is 4.54. The van der Waals surface area contributed by atoms with Crippen LogP contribution in [-0.4, -0.2) is 0 Å². The average molecular weight is 633 g/mol. The summed E-state index contributed by atoms with van der Waals surface area (Å²) >= 11 is 0. The fourth-order valence-electron chi connectivity index (χ4n) is 8.16. The maximum absolute atomic E-state index is 2.45. The highest BCUT2D eigenvalue weighted by atomic mass is 14.3. The minimum atomic E-state index is 1.23. The zero-order valence-electron chi connectivity index (χ0n) is 27.5. The molecule has 50 heavy (non-hydrogen) atoms. The van der Waals surface area contributed by atoms with Crippen LogP contribution in [0.2, 0.25) is 0 Å². The minimum absolute atomic E-state index is 1.23. The molecule has 0 heterocycles. The lowest BCUT2D eigenvalue weighted by Gasteiger charge is -2.24. The second kappa shape index (κ2) is 11.6. The fourth-order valence-corrected chi connectivity index (χ4v) is 8.16. The van der Waals surface area contributed by atoms with E-state index in [1.807, 2.05) is 0 Å². The highest BCUT2D eigenvalue weighted by Gasteiger charge is 2.23. The highest BCUT2D eigenvalue weighted by molar-refractivity contribution is 6.19. The third-order valence-electron chi connectivity index (χ3n) is 10.4. The smallest absolute Gasteiger partial charge is 0.00137 e. The first-order chi connectivity index (χ1) is 24.8. The van der Waals surface area contributed by atoms with Crippen molar-refractivity contribution in [1.29, 1.82) is 0 Å². The molecule has 0 N–H and O–H groups in total. The predicted octanol–water partition coefficient (Wildman–Crippen LogP) is 14.1. The standard InChI is InChI=1S/C50H32/c1-2-18-37-31-47-38(30-36(37)17-1)32-48(43-28-12-20-34-15-4-7-23-40(34)43)50(45-29-13-21-35-16-5-8-24-41(35)45)49(47)46-26-10-9-25-44(46)42-27-11-19-33-14-3-6-22-39(33)42/h1-32H. The fraction of sp³-hybridized carbons (Fsp3) is 0. The topological polar surface area (TPSA) is 0 Å². The van der Waals surface area contributed by atoms with Gasteiger partial charge in [-0.3, -0.25) is 0 Å². The van der Waals surface area contributed by atoms with E-state index in [1.165, 1.54) is 98.4 Å². The van der Waals surface area contributed by atoms with Crippen LogP contribution in [0.3, 0.4) is 0 Å². The Balaban J connectivity index is 1.44. The van der Waals surface area contributed by atoms with Crippen molar-refractivity contribution in [3.05, 3.63) is 194 Å². The summed E-state index contributed by atoms with van der Waals surface area (Å²) in [6, 6.07) is 71.6. The molecule has 0 fully saturated rings. The molecule has 0 atom stereocenters. The Labute approximate surface area is 291 Å². The second-order valence-electron chi connectivity index (χ2n) is 13.2. The van der Waals surface area contributed by atoms with Gasteiger partial charge in [0.05, 0.1) is 0 Å². The summed E-state index contributed by atoms with van der Waals surface area (Å²) in [6.45, 7) is 0. The first-order valence-electron chi connectivity index (χ1n) is 17.4. The van der Waals surface area contributed by atoms with Gasteiger partial charge in [0, 0.05) is 0 Å². The zero-order chi connectivity index (χ0) is 33.0. The lowest BCUT2D eigenvalue weighted by Crippen LogP contribution is -1.96. The van der Waals surface area contributed by atoms with Gasteiger partial charge < -0.3 is 0 Å². The van der Waals surface area contributed by atoms with E-state index in [9.17, 15) is 0 Å². The molecular formula is C50H32. The molecule has 10 aromatic rings. The molecular weight excluding hydrogens is 601 g/mol. The van der Waals surface area contributed by atoms with Crippen LogP contribution in [0.15, 0.2) is 194 Å². The van der Waals surface area contributed by atoms with E-state index in [2.05, 4.69) is 194 Å². The molecule has 232 valence electrons. The first-order valence-corrected chi connectivity index (χ1v) is 17.4. The van der Waals surface area contributed by atoms with Gasteiger partial charge >= 0.3 is 0 Å². The van der Waals surface area contributed by atoms with Gasteiger partial charge in [0.1, 0.15) is 0 Å². The van der Waals surface area contributed by atoms with Gasteiger partial charge in [-0.25, -0.2) is 0 Å². The Kier molecular flexibility index (Phi) is 6.60. The molecule has 0 bridgehead atoms. The second-order valence-corrected chi connectivity index (χ2v) is 13.2. The lowest BCUT2D eigenvalue weighted by atomic mass is 9.79. The van der Waals surface area contributed by atoms with E-state index in [1.54, 1.807) is 0 Å². The van der Waals surface area contributed by atoms with E-state index in [0.29, 0.717) is 0 Å².